The zero-order valence-corrected chi connectivity index (χ0v) is 20.7. The third-order valence-corrected chi connectivity index (χ3v) is 6.55. The molecular formula is C26H51NO2. The van der Waals surface area contributed by atoms with Crippen molar-refractivity contribution in [1.82, 2.24) is 5.06 Å². The van der Waals surface area contributed by atoms with Gasteiger partial charge in [-0.05, 0) is 57.3 Å². The molecule has 1 unspecified atom stereocenters. The summed E-state index contributed by atoms with van der Waals surface area (Å²) in [5.41, 5.74) is -0.0556. The Labute approximate surface area is 182 Å². The first-order valence-corrected chi connectivity index (χ1v) is 12.6. The number of carbonyl (C=O) groups excluding carboxylic acids is 1. The lowest BCUT2D eigenvalue weighted by molar-refractivity contribution is -0.205. The zero-order valence-electron chi connectivity index (χ0n) is 20.7. The van der Waals surface area contributed by atoms with Crippen LogP contribution >= 0.6 is 0 Å². The van der Waals surface area contributed by atoms with Crippen LogP contribution in [-0.2, 0) is 9.63 Å². The molecule has 0 aromatic heterocycles. The molecule has 1 aliphatic heterocycles. The third-order valence-electron chi connectivity index (χ3n) is 6.55. The molecule has 3 nitrogen and oxygen atoms in total. The molecular weight excluding hydrogens is 358 g/mol. The molecule has 0 saturated carbocycles. The maximum Gasteiger partial charge on any atom is 0.330 e. The highest BCUT2D eigenvalue weighted by Gasteiger charge is 2.34. The minimum Gasteiger partial charge on any atom is -0.367 e. The highest BCUT2D eigenvalue weighted by molar-refractivity contribution is 5.75. The second kappa shape index (κ2) is 13.7. The fraction of sp³-hybridized carbons (Fsp3) is 0.962. The van der Waals surface area contributed by atoms with Crippen molar-refractivity contribution in [2.75, 3.05) is 13.1 Å². The van der Waals surface area contributed by atoms with Crippen molar-refractivity contribution in [3.8, 4) is 0 Å². The molecule has 29 heavy (non-hydrogen) atoms. The summed E-state index contributed by atoms with van der Waals surface area (Å²) in [6, 6.07) is 0. The van der Waals surface area contributed by atoms with Crippen LogP contribution in [-0.4, -0.2) is 24.1 Å². The van der Waals surface area contributed by atoms with Gasteiger partial charge in [0.15, 0.2) is 0 Å². The van der Waals surface area contributed by atoms with Gasteiger partial charge in [-0.15, -0.1) is 5.06 Å². The van der Waals surface area contributed by atoms with Gasteiger partial charge in [0.2, 0.25) is 0 Å². The molecule has 0 radical (unpaired) electrons. The van der Waals surface area contributed by atoms with E-state index in [1.54, 1.807) is 0 Å². The van der Waals surface area contributed by atoms with Crippen LogP contribution < -0.4 is 0 Å². The number of hydrogen-bond donors (Lipinski definition) is 0. The maximum atomic E-state index is 12.7. The monoisotopic (exact) mass is 409 g/mol. The van der Waals surface area contributed by atoms with Gasteiger partial charge in [-0.25, -0.2) is 4.79 Å². The summed E-state index contributed by atoms with van der Waals surface area (Å²) in [7, 11) is 0. The Morgan fingerprint density at radius 3 is 2.00 bits per heavy atom. The first-order valence-electron chi connectivity index (χ1n) is 12.6. The molecule has 1 saturated heterocycles. The number of carbonyl (C=O) groups is 1. The van der Waals surface area contributed by atoms with E-state index in [0.29, 0.717) is 11.3 Å². The molecule has 0 aromatic carbocycles. The van der Waals surface area contributed by atoms with Crippen molar-refractivity contribution in [2.45, 2.75) is 131 Å². The predicted octanol–water partition coefficient (Wildman–Crippen LogP) is 7.93. The Morgan fingerprint density at radius 2 is 1.41 bits per heavy atom. The molecule has 1 atom stereocenters. The van der Waals surface area contributed by atoms with E-state index in [-0.39, 0.29) is 5.97 Å². The van der Waals surface area contributed by atoms with E-state index in [9.17, 15) is 4.79 Å². The third kappa shape index (κ3) is 12.0. The summed E-state index contributed by atoms with van der Waals surface area (Å²) in [5, 5.41) is 1.88. The molecule has 1 aliphatic rings. The highest BCUT2D eigenvalue weighted by atomic mass is 16.7. The highest BCUT2D eigenvalue weighted by Crippen LogP contribution is 2.37. The van der Waals surface area contributed by atoms with E-state index in [1.807, 2.05) is 5.06 Å². The fourth-order valence-electron chi connectivity index (χ4n) is 5.01. The average Bonchev–Trinajstić information content (AvgIpc) is 2.63. The molecule has 0 amide bonds. The largest absolute Gasteiger partial charge is 0.367 e. The second-order valence-corrected chi connectivity index (χ2v) is 11.2. The first kappa shape index (κ1) is 26.5. The molecule has 0 aromatic rings. The van der Waals surface area contributed by atoms with Gasteiger partial charge in [-0.1, -0.05) is 85.5 Å². The van der Waals surface area contributed by atoms with Crippen LogP contribution in [0.2, 0.25) is 0 Å². The van der Waals surface area contributed by atoms with Crippen LogP contribution in [0.25, 0.3) is 0 Å². The van der Waals surface area contributed by atoms with Crippen LogP contribution in [0, 0.1) is 16.7 Å². The van der Waals surface area contributed by atoms with E-state index < -0.39 is 5.41 Å². The lowest BCUT2D eigenvalue weighted by Crippen LogP contribution is -2.38. The Kier molecular flexibility index (Phi) is 12.5. The summed E-state index contributed by atoms with van der Waals surface area (Å²) in [5.74, 6) is 0.482. The van der Waals surface area contributed by atoms with Crippen molar-refractivity contribution >= 4 is 5.97 Å². The SMILES string of the molecule is CCCCCCCCCCC(C)(C)CC(C)CC(C)(C)C(=O)ON1CCCCC1. The van der Waals surface area contributed by atoms with E-state index in [2.05, 4.69) is 41.5 Å². The Bertz CT molecular complexity index is 438. The van der Waals surface area contributed by atoms with Crippen LogP contribution in [0.5, 0.6) is 0 Å². The Morgan fingerprint density at radius 1 is 0.862 bits per heavy atom. The van der Waals surface area contributed by atoms with Gasteiger partial charge >= 0.3 is 5.97 Å². The molecule has 0 bridgehead atoms. The van der Waals surface area contributed by atoms with Gasteiger partial charge < -0.3 is 4.84 Å². The summed E-state index contributed by atoms with van der Waals surface area (Å²) >= 11 is 0. The molecule has 1 heterocycles. The summed E-state index contributed by atoms with van der Waals surface area (Å²) in [6.07, 6.45) is 18.0. The molecule has 172 valence electrons. The van der Waals surface area contributed by atoms with Gasteiger partial charge in [0.1, 0.15) is 0 Å². The summed E-state index contributed by atoms with van der Waals surface area (Å²) in [4.78, 5) is 18.4. The molecule has 1 rings (SSSR count). The van der Waals surface area contributed by atoms with Gasteiger partial charge in [-0.3, -0.25) is 0 Å². The predicted molar refractivity (Wildman–Crippen MR) is 125 cm³/mol. The quantitative estimate of drug-likeness (QED) is 0.257. The van der Waals surface area contributed by atoms with Crippen molar-refractivity contribution < 1.29 is 9.63 Å². The second-order valence-electron chi connectivity index (χ2n) is 11.2. The van der Waals surface area contributed by atoms with E-state index in [1.165, 1.54) is 70.6 Å². The smallest absolute Gasteiger partial charge is 0.330 e. The molecule has 1 fully saturated rings. The molecule has 0 N–H and O–H groups in total. The first-order chi connectivity index (χ1) is 13.7. The van der Waals surface area contributed by atoms with Crippen LogP contribution in [0.1, 0.15) is 131 Å². The summed E-state index contributed by atoms with van der Waals surface area (Å²) < 4.78 is 0. The molecule has 0 aliphatic carbocycles. The van der Waals surface area contributed by atoms with Crippen molar-refractivity contribution in [3.05, 3.63) is 0 Å². The number of nitrogens with zero attached hydrogens (tertiary/aromatic N) is 1. The molecule has 0 spiro atoms. The average molecular weight is 410 g/mol. The van der Waals surface area contributed by atoms with E-state index in [4.69, 9.17) is 4.84 Å². The Hall–Kier alpha value is -0.570. The van der Waals surface area contributed by atoms with Crippen LogP contribution in [0.3, 0.4) is 0 Å². The topological polar surface area (TPSA) is 29.5 Å². The Balaban J connectivity index is 2.27. The number of piperidine rings is 1. The number of rotatable bonds is 15. The minimum absolute atomic E-state index is 0.0490. The minimum atomic E-state index is -0.411. The number of hydroxylamine groups is 2. The maximum absolute atomic E-state index is 12.7. The summed E-state index contributed by atoms with van der Waals surface area (Å²) in [6.45, 7) is 15.3. The fourth-order valence-corrected chi connectivity index (χ4v) is 5.01. The molecule has 3 heteroatoms. The van der Waals surface area contributed by atoms with E-state index >= 15 is 0 Å². The van der Waals surface area contributed by atoms with Gasteiger partial charge in [0, 0.05) is 13.1 Å². The standard InChI is InChI=1S/C26H51NO2/c1-7-8-9-10-11-12-13-15-18-25(3,4)21-23(2)22-26(5,6)24(28)29-27-19-16-14-17-20-27/h23H,7-22H2,1-6H3. The normalized spacial score (nSPS) is 17.3. The van der Waals surface area contributed by atoms with Gasteiger partial charge in [0.25, 0.3) is 0 Å². The lowest BCUT2D eigenvalue weighted by atomic mass is 9.74. The lowest BCUT2D eigenvalue weighted by Gasteiger charge is -2.34. The van der Waals surface area contributed by atoms with Crippen LogP contribution in [0.4, 0.5) is 0 Å². The number of unbranched alkanes of at least 4 members (excludes halogenated alkanes) is 7. The van der Waals surface area contributed by atoms with Gasteiger partial charge in [0.05, 0.1) is 5.41 Å². The van der Waals surface area contributed by atoms with Gasteiger partial charge in [-0.2, -0.15) is 0 Å². The van der Waals surface area contributed by atoms with Crippen molar-refractivity contribution in [3.63, 3.8) is 0 Å². The van der Waals surface area contributed by atoms with E-state index in [0.717, 1.165) is 32.4 Å². The van der Waals surface area contributed by atoms with Crippen molar-refractivity contribution in [1.29, 1.82) is 0 Å². The van der Waals surface area contributed by atoms with Crippen LogP contribution in [0.15, 0.2) is 0 Å². The van der Waals surface area contributed by atoms with Crippen molar-refractivity contribution in [2.24, 2.45) is 16.7 Å². The zero-order chi connectivity index (χ0) is 21.8. The number of hydrogen-bond acceptors (Lipinski definition) is 3.